The summed E-state index contributed by atoms with van der Waals surface area (Å²) >= 11 is 12.9. The predicted octanol–water partition coefficient (Wildman–Crippen LogP) is 3.42. The van der Waals surface area contributed by atoms with Gasteiger partial charge in [0.2, 0.25) is 11.2 Å². The average Bonchev–Trinajstić information content (AvgIpc) is 2.65. The highest BCUT2D eigenvalue weighted by molar-refractivity contribution is 7.09. The third-order valence-corrected chi connectivity index (χ3v) is 2.80. The first-order chi connectivity index (χ1) is 7.24. The van der Waals surface area contributed by atoms with Gasteiger partial charge >= 0.3 is 0 Å². The van der Waals surface area contributed by atoms with Gasteiger partial charge in [-0.05, 0) is 23.0 Å². The minimum atomic E-state index is 0.0867. The van der Waals surface area contributed by atoms with Crippen molar-refractivity contribution in [3.8, 4) is 5.88 Å². The van der Waals surface area contributed by atoms with Crippen LogP contribution in [0.3, 0.4) is 0 Å². The molecule has 0 aliphatic carbocycles. The van der Waals surface area contributed by atoms with E-state index in [1.807, 2.05) is 17.5 Å². The van der Waals surface area contributed by atoms with Crippen LogP contribution in [0.4, 0.5) is 0 Å². The molecule has 78 valence electrons. The lowest BCUT2D eigenvalue weighted by Gasteiger charge is -2.03. The van der Waals surface area contributed by atoms with E-state index in [0.29, 0.717) is 12.5 Å². The molecule has 6 heteroatoms. The second-order valence-electron chi connectivity index (χ2n) is 2.67. The van der Waals surface area contributed by atoms with E-state index >= 15 is 0 Å². The number of ether oxygens (including phenoxy) is 1. The van der Waals surface area contributed by atoms with E-state index in [-0.39, 0.29) is 10.4 Å². The van der Waals surface area contributed by atoms with Gasteiger partial charge in [-0.25, -0.2) is 4.98 Å². The van der Waals surface area contributed by atoms with Gasteiger partial charge in [-0.1, -0.05) is 17.7 Å². The molecular weight excluding hydrogens is 255 g/mol. The van der Waals surface area contributed by atoms with Crippen LogP contribution in [0, 0.1) is 0 Å². The second kappa shape index (κ2) is 4.79. The van der Waals surface area contributed by atoms with Gasteiger partial charge in [0.1, 0.15) is 11.8 Å². The number of thiophene rings is 1. The van der Waals surface area contributed by atoms with Crippen molar-refractivity contribution in [2.45, 2.75) is 6.61 Å². The van der Waals surface area contributed by atoms with Crippen molar-refractivity contribution in [2.24, 2.45) is 0 Å². The van der Waals surface area contributed by atoms with Crippen molar-refractivity contribution in [3.63, 3.8) is 0 Å². The quantitative estimate of drug-likeness (QED) is 0.627. The Morgan fingerprint density at radius 2 is 2.20 bits per heavy atom. The number of nitrogens with zero attached hydrogens (tertiary/aromatic N) is 2. The number of halogens is 2. The molecule has 0 radical (unpaired) electrons. The van der Waals surface area contributed by atoms with E-state index < -0.39 is 0 Å². The Balaban J connectivity index is 2.05. The lowest BCUT2D eigenvalue weighted by Crippen LogP contribution is -1.96. The van der Waals surface area contributed by atoms with Crippen LogP contribution in [0.15, 0.2) is 23.6 Å². The molecule has 0 amide bonds. The summed E-state index contributed by atoms with van der Waals surface area (Å²) in [6, 6.07) is 5.47. The Kier molecular flexibility index (Phi) is 3.41. The maximum absolute atomic E-state index is 5.70. The van der Waals surface area contributed by atoms with E-state index in [4.69, 9.17) is 27.9 Å². The van der Waals surface area contributed by atoms with Crippen molar-refractivity contribution < 1.29 is 4.74 Å². The minimum Gasteiger partial charge on any atom is -0.472 e. The molecule has 0 unspecified atom stereocenters. The first-order valence-electron chi connectivity index (χ1n) is 4.09. The molecule has 0 aliphatic heterocycles. The normalized spacial score (nSPS) is 10.3. The van der Waals surface area contributed by atoms with E-state index in [1.54, 1.807) is 11.3 Å². The monoisotopic (exact) mass is 260 g/mol. The predicted molar refractivity (Wildman–Crippen MR) is 60.7 cm³/mol. The Hall–Kier alpha value is -0.840. The minimum absolute atomic E-state index is 0.0867. The fourth-order valence-electron chi connectivity index (χ4n) is 0.984. The summed E-state index contributed by atoms with van der Waals surface area (Å²) < 4.78 is 5.40. The standard InChI is InChI=1S/C9H6Cl2N2OS/c10-7-4-8(13-9(11)12-7)14-5-6-2-1-3-15-6/h1-4H,5H2. The molecule has 0 bridgehead atoms. The Bertz CT molecular complexity index is 427. The third-order valence-electron chi connectivity index (χ3n) is 1.59. The van der Waals surface area contributed by atoms with Gasteiger partial charge in [0.25, 0.3) is 0 Å². The van der Waals surface area contributed by atoms with E-state index in [9.17, 15) is 0 Å². The summed E-state index contributed by atoms with van der Waals surface area (Å²) in [4.78, 5) is 8.72. The maximum Gasteiger partial charge on any atom is 0.227 e. The zero-order valence-corrected chi connectivity index (χ0v) is 9.81. The molecule has 0 saturated carbocycles. The average molecular weight is 261 g/mol. The topological polar surface area (TPSA) is 35.0 Å². The smallest absolute Gasteiger partial charge is 0.227 e. The highest BCUT2D eigenvalue weighted by atomic mass is 35.5. The second-order valence-corrected chi connectivity index (χ2v) is 4.42. The zero-order chi connectivity index (χ0) is 10.7. The third kappa shape index (κ3) is 3.06. The molecule has 2 rings (SSSR count). The summed E-state index contributed by atoms with van der Waals surface area (Å²) in [6.45, 7) is 0.460. The molecule has 0 aliphatic rings. The van der Waals surface area contributed by atoms with Crippen LogP contribution in [0.1, 0.15) is 4.88 Å². The van der Waals surface area contributed by atoms with Gasteiger partial charge in [-0.3, -0.25) is 0 Å². The van der Waals surface area contributed by atoms with Crippen molar-refractivity contribution in [3.05, 3.63) is 38.9 Å². The first-order valence-corrected chi connectivity index (χ1v) is 5.73. The SMILES string of the molecule is Clc1cc(OCc2cccs2)nc(Cl)n1. The van der Waals surface area contributed by atoms with Crippen LogP contribution in [0.25, 0.3) is 0 Å². The molecule has 0 aromatic carbocycles. The summed E-state index contributed by atoms with van der Waals surface area (Å²) in [5.74, 6) is 0.383. The van der Waals surface area contributed by atoms with Crippen LogP contribution in [-0.2, 0) is 6.61 Å². The lowest BCUT2D eigenvalue weighted by molar-refractivity contribution is 0.297. The molecule has 2 aromatic rings. The lowest BCUT2D eigenvalue weighted by atomic mass is 10.5. The van der Waals surface area contributed by atoms with Crippen molar-refractivity contribution in [1.29, 1.82) is 0 Å². The molecule has 2 heterocycles. The summed E-state index contributed by atoms with van der Waals surface area (Å²) in [6.07, 6.45) is 0. The summed E-state index contributed by atoms with van der Waals surface area (Å²) in [5.41, 5.74) is 0. The fraction of sp³-hybridized carbons (Fsp3) is 0.111. The molecule has 2 aromatic heterocycles. The van der Waals surface area contributed by atoms with Crippen LogP contribution in [0.5, 0.6) is 5.88 Å². The van der Waals surface area contributed by atoms with Crippen LogP contribution in [0.2, 0.25) is 10.4 Å². The van der Waals surface area contributed by atoms with Gasteiger partial charge in [0.15, 0.2) is 0 Å². The molecule has 0 atom stereocenters. The molecule has 0 N–H and O–H groups in total. The first kappa shape index (κ1) is 10.7. The Labute approximate surface area is 101 Å². The Morgan fingerprint density at radius 1 is 1.33 bits per heavy atom. The summed E-state index contributed by atoms with van der Waals surface area (Å²) in [5, 5.41) is 2.35. The highest BCUT2D eigenvalue weighted by Gasteiger charge is 2.02. The molecule has 0 saturated heterocycles. The van der Waals surface area contributed by atoms with Gasteiger partial charge in [0, 0.05) is 10.9 Å². The van der Waals surface area contributed by atoms with Crippen LogP contribution < -0.4 is 4.74 Å². The van der Waals surface area contributed by atoms with E-state index in [1.165, 1.54) is 6.07 Å². The number of hydrogen-bond acceptors (Lipinski definition) is 4. The van der Waals surface area contributed by atoms with Crippen LogP contribution >= 0.6 is 34.5 Å². The van der Waals surface area contributed by atoms with Crippen LogP contribution in [-0.4, -0.2) is 9.97 Å². The van der Waals surface area contributed by atoms with Gasteiger partial charge < -0.3 is 4.74 Å². The number of aromatic nitrogens is 2. The van der Waals surface area contributed by atoms with E-state index in [2.05, 4.69) is 9.97 Å². The highest BCUT2D eigenvalue weighted by Crippen LogP contribution is 2.18. The fourth-order valence-corrected chi connectivity index (χ4v) is 1.99. The van der Waals surface area contributed by atoms with E-state index in [0.717, 1.165) is 4.88 Å². The van der Waals surface area contributed by atoms with Crippen molar-refractivity contribution in [2.75, 3.05) is 0 Å². The van der Waals surface area contributed by atoms with Gasteiger partial charge in [0.05, 0.1) is 0 Å². The largest absolute Gasteiger partial charge is 0.472 e. The Morgan fingerprint density at radius 3 is 2.87 bits per heavy atom. The maximum atomic E-state index is 5.70. The van der Waals surface area contributed by atoms with Gasteiger partial charge in [-0.15, -0.1) is 11.3 Å². The molecule has 0 spiro atoms. The van der Waals surface area contributed by atoms with Crippen molar-refractivity contribution in [1.82, 2.24) is 9.97 Å². The van der Waals surface area contributed by atoms with Crippen molar-refractivity contribution >= 4 is 34.5 Å². The molecule has 15 heavy (non-hydrogen) atoms. The molecule has 3 nitrogen and oxygen atoms in total. The molecule has 0 fully saturated rings. The number of hydrogen-bond donors (Lipinski definition) is 0. The summed E-state index contributed by atoms with van der Waals surface area (Å²) in [7, 11) is 0. The van der Waals surface area contributed by atoms with Gasteiger partial charge in [-0.2, -0.15) is 4.98 Å². The number of rotatable bonds is 3. The zero-order valence-electron chi connectivity index (χ0n) is 7.48. The molecular formula is C9H6Cl2N2OS.